The van der Waals surface area contributed by atoms with Gasteiger partial charge in [0.05, 0.1) is 12.0 Å². The number of nitrogens with zero attached hydrogens (tertiary/aromatic N) is 1. The summed E-state index contributed by atoms with van der Waals surface area (Å²) in [5, 5.41) is 2.92. The predicted molar refractivity (Wildman–Crippen MR) is 62.3 cm³/mol. The highest BCUT2D eigenvalue weighted by atomic mass is 16.2. The van der Waals surface area contributed by atoms with Gasteiger partial charge >= 0.3 is 0 Å². The van der Waals surface area contributed by atoms with Crippen molar-refractivity contribution in [3.8, 4) is 0 Å². The normalized spacial score (nSPS) is 28.2. The van der Waals surface area contributed by atoms with Crippen LogP contribution in [0.3, 0.4) is 0 Å². The molecule has 0 bridgehead atoms. The van der Waals surface area contributed by atoms with Crippen molar-refractivity contribution in [3.05, 3.63) is 35.9 Å². The number of carbonyl (C=O) groups is 1. The maximum Gasteiger partial charge on any atom is 0.230 e. The van der Waals surface area contributed by atoms with Crippen LogP contribution in [0.5, 0.6) is 0 Å². The minimum Gasteiger partial charge on any atom is -0.310 e. The van der Waals surface area contributed by atoms with E-state index in [0.29, 0.717) is 0 Å². The number of nitrogens with one attached hydrogen (secondary N) is 1. The summed E-state index contributed by atoms with van der Waals surface area (Å²) in [6.45, 7) is 0. The molecule has 1 aromatic carbocycles. The van der Waals surface area contributed by atoms with E-state index in [9.17, 15) is 4.79 Å². The molecule has 1 aliphatic carbocycles. The van der Waals surface area contributed by atoms with E-state index < -0.39 is 0 Å². The lowest BCUT2D eigenvalue weighted by atomic mass is 10.0. The molecule has 0 unspecified atom stereocenters. The first-order valence-corrected chi connectivity index (χ1v) is 5.79. The molecule has 0 radical (unpaired) electrons. The van der Waals surface area contributed by atoms with Crippen LogP contribution in [-0.2, 0) is 4.79 Å². The van der Waals surface area contributed by atoms with Gasteiger partial charge in [0, 0.05) is 5.56 Å². The summed E-state index contributed by atoms with van der Waals surface area (Å²) in [5.74, 6) is 1.01. The summed E-state index contributed by atoms with van der Waals surface area (Å²) in [6, 6.07) is 10.1. The molecule has 0 saturated heterocycles. The molecule has 3 rings (SSSR count). The fourth-order valence-corrected chi connectivity index (χ4v) is 2.55. The second-order valence-corrected chi connectivity index (χ2v) is 4.44. The number of rotatable bonds is 1. The zero-order valence-electron chi connectivity index (χ0n) is 9.02. The van der Waals surface area contributed by atoms with Crippen molar-refractivity contribution >= 4 is 11.7 Å². The molecular formula is C13H14N2O. The Bertz CT molecular complexity index is 439. The molecule has 0 aromatic heterocycles. The number of carbonyl (C=O) groups excluding carboxylic acids is 1. The van der Waals surface area contributed by atoms with Gasteiger partial charge in [-0.2, -0.15) is 0 Å². The molecule has 1 N–H and O–H groups in total. The summed E-state index contributed by atoms with van der Waals surface area (Å²) in [5.41, 5.74) is 1.00. The number of amidine groups is 1. The van der Waals surface area contributed by atoms with Crippen molar-refractivity contribution in [1.29, 1.82) is 0 Å². The molecule has 1 amide bonds. The minimum absolute atomic E-state index is 0.118. The Morgan fingerprint density at radius 3 is 2.81 bits per heavy atom. The molecule has 1 aliphatic heterocycles. The largest absolute Gasteiger partial charge is 0.310 e. The van der Waals surface area contributed by atoms with Gasteiger partial charge in [-0.25, -0.2) is 0 Å². The fraction of sp³-hybridized carbons (Fsp3) is 0.385. The highest BCUT2D eigenvalue weighted by Gasteiger charge is 2.36. The van der Waals surface area contributed by atoms with Crippen LogP contribution in [0, 0.1) is 5.92 Å². The molecule has 0 spiro atoms. The van der Waals surface area contributed by atoms with E-state index in [1.165, 1.54) is 0 Å². The number of amides is 1. The van der Waals surface area contributed by atoms with Gasteiger partial charge in [-0.3, -0.25) is 9.79 Å². The topological polar surface area (TPSA) is 41.5 Å². The quantitative estimate of drug-likeness (QED) is 0.760. The van der Waals surface area contributed by atoms with Crippen molar-refractivity contribution in [1.82, 2.24) is 5.32 Å². The van der Waals surface area contributed by atoms with E-state index in [0.717, 1.165) is 30.7 Å². The van der Waals surface area contributed by atoms with Crippen LogP contribution < -0.4 is 5.32 Å². The molecular weight excluding hydrogens is 200 g/mol. The van der Waals surface area contributed by atoms with Crippen molar-refractivity contribution in [3.63, 3.8) is 0 Å². The van der Waals surface area contributed by atoms with E-state index in [1.807, 2.05) is 30.3 Å². The Balaban J connectivity index is 1.95. The number of benzene rings is 1. The van der Waals surface area contributed by atoms with Crippen LogP contribution in [0.2, 0.25) is 0 Å². The smallest absolute Gasteiger partial charge is 0.230 e. The lowest BCUT2D eigenvalue weighted by Crippen LogP contribution is -2.44. The first-order valence-electron chi connectivity index (χ1n) is 5.79. The summed E-state index contributed by atoms with van der Waals surface area (Å²) in [4.78, 5) is 16.5. The van der Waals surface area contributed by atoms with E-state index in [1.54, 1.807) is 0 Å². The SMILES string of the molecule is O=C1NC(c2ccccc2)=N[C@H]2CCC[C@@H]12. The first kappa shape index (κ1) is 9.58. The summed E-state index contributed by atoms with van der Waals surface area (Å²) in [6.07, 6.45) is 3.16. The van der Waals surface area contributed by atoms with Gasteiger partial charge in [-0.15, -0.1) is 0 Å². The van der Waals surface area contributed by atoms with Crippen LogP contribution in [0.25, 0.3) is 0 Å². The number of hydrogen-bond donors (Lipinski definition) is 1. The Morgan fingerprint density at radius 2 is 2.00 bits per heavy atom. The van der Waals surface area contributed by atoms with E-state index >= 15 is 0 Å². The van der Waals surface area contributed by atoms with Crippen LogP contribution >= 0.6 is 0 Å². The lowest BCUT2D eigenvalue weighted by molar-refractivity contribution is -0.124. The zero-order valence-corrected chi connectivity index (χ0v) is 9.02. The third kappa shape index (κ3) is 1.52. The minimum atomic E-state index is 0.118. The lowest BCUT2D eigenvalue weighted by Gasteiger charge is -2.23. The van der Waals surface area contributed by atoms with E-state index in [2.05, 4.69) is 10.3 Å². The summed E-state index contributed by atoms with van der Waals surface area (Å²) >= 11 is 0. The molecule has 16 heavy (non-hydrogen) atoms. The monoisotopic (exact) mass is 214 g/mol. The zero-order chi connectivity index (χ0) is 11.0. The Hall–Kier alpha value is -1.64. The fourth-order valence-electron chi connectivity index (χ4n) is 2.55. The standard InChI is InChI=1S/C13H14N2O/c16-13-10-7-4-8-11(10)14-12(15-13)9-5-2-1-3-6-9/h1-3,5-6,10-11H,4,7-8H2,(H,14,15,16)/t10-,11+/m1/s1. The second-order valence-electron chi connectivity index (χ2n) is 4.44. The number of hydrogen-bond acceptors (Lipinski definition) is 2. The van der Waals surface area contributed by atoms with Gasteiger partial charge in [-0.1, -0.05) is 36.8 Å². The molecule has 2 atom stereocenters. The summed E-state index contributed by atoms with van der Waals surface area (Å²) < 4.78 is 0. The highest BCUT2D eigenvalue weighted by Crippen LogP contribution is 2.31. The maximum absolute atomic E-state index is 11.9. The van der Waals surface area contributed by atoms with Gasteiger partial charge in [0.1, 0.15) is 5.84 Å². The molecule has 82 valence electrons. The molecule has 2 aliphatic rings. The highest BCUT2D eigenvalue weighted by molar-refractivity contribution is 6.10. The number of aliphatic imine (C=N–C) groups is 1. The Kier molecular flexibility index (Phi) is 2.24. The van der Waals surface area contributed by atoms with Crippen LogP contribution in [0.1, 0.15) is 24.8 Å². The van der Waals surface area contributed by atoms with Gasteiger partial charge in [0.2, 0.25) is 5.91 Å². The van der Waals surface area contributed by atoms with Gasteiger partial charge in [-0.05, 0) is 12.8 Å². The molecule has 1 heterocycles. The second kappa shape index (κ2) is 3.74. The average molecular weight is 214 g/mol. The van der Waals surface area contributed by atoms with Crippen molar-refractivity contribution in [2.75, 3.05) is 0 Å². The third-order valence-electron chi connectivity index (χ3n) is 3.40. The van der Waals surface area contributed by atoms with Crippen LogP contribution in [-0.4, -0.2) is 17.8 Å². The molecule has 3 nitrogen and oxygen atoms in total. The molecule has 1 aromatic rings. The Labute approximate surface area is 94.6 Å². The maximum atomic E-state index is 11.9. The van der Waals surface area contributed by atoms with Gasteiger partial charge in [0.15, 0.2) is 0 Å². The summed E-state index contributed by atoms with van der Waals surface area (Å²) in [7, 11) is 0. The third-order valence-corrected chi connectivity index (χ3v) is 3.40. The Morgan fingerprint density at radius 1 is 1.19 bits per heavy atom. The molecule has 1 fully saturated rings. The molecule has 3 heteroatoms. The van der Waals surface area contributed by atoms with E-state index in [4.69, 9.17) is 0 Å². The van der Waals surface area contributed by atoms with Crippen molar-refractivity contribution < 1.29 is 4.79 Å². The predicted octanol–water partition coefficient (Wildman–Crippen LogP) is 1.73. The van der Waals surface area contributed by atoms with Crippen LogP contribution in [0.15, 0.2) is 35.3 Å². The first-order chi connectivity index (χ1) is 7.84. The number of fused-ring (bicyclic) bond motifs is 1. The van der Waals surface area contributed by atoms with E-state index in [-0.39, 0.29) is 17.9 Å². The van der Waals surface area contributed by atoms with Crippen molar-refractivity contribution in [2.45, 2.75) is 25.3 Å². The van der Waals surface area contributed by atoms with Crippen LogP contribution in [0.4, 0.5) is 0 Å². The average Bonchev–Trinajstić information content (AvgIpc) is 2.79. The van der Waals surface area contributed by atoms with Crippen molar-refractivity contribution in [2.24, 2.45) is 10.9 Å². The van der Waals surface area contributed by atoms with Gasteiger partial charge in [0.25, 0.3) is 0 Å². The molecule has 1 saturated carbocycles. The van der Waals surface area contributed by atoms with Gasteiger partial charge < -0.3 is 5.32 Å².